The van der Waals surface area contributed by atoms with E-state index in [2.05, 4.69) is 71.6 Å². The van der Waals surface area contributed by atoms with Gasteiger partial charge in [0.1, 0.15) is 12.4 Å². The van der Waals surface area contributed by atoms with Crippen LogP contribution in [0.15, 0.2) is 91.0 Å². The van der Waals surface area contributed by atoms with E-state index in [9.17, 15) is 0 Å². The Labute approximate surface area is 161 Å². The highest BCUT2D eigenvalue weighted by atomic mass is 16.5. The third-order valence-corrected chi connectivity index (χ3v) is 5.00. The summed E-state index contributed by atoms with van der Waals surface area (Å²) >= 11 is 0. The molecule has 0 radical (unpaired) electrons. The lowest BCUT2D eigenvalue weighted by atomic mass is 9.99. The molecular formula is C25H25NO. The monoisotopic (exact) mass is 355 g/mol. The van der Waals surface area contributed by atoms with Gasteiger partial charge in [-0.3, -0.25) is 4.90 Å². The first kappa shape index (κ1) is 17.6. The van der Waals surface area contributed by atoms with Crippen LogP contribution in [0.2, 0.25) is 0 Å². The van der Waals surface area contributed by atoms with Gasteiger partial charge in [0.05, 0.1) is 0 Å². The molecule has 0 saturated heterocycles. The highest BCUT2D eigenvalue weighted by molar-refractivity contribution is 5.67. The first-order chi connectivity index (χ1) is 13.4. The molecule has 2 nitrogen and oxygen atoms in total. The van der Waals surface area contributed by atoms with Gasteiger partial charge in [-0.15, -0.1) is 0 Å². The minimum atomic E-state index is 0.605. The molecule has 2 heteroatoms. The van der Waals surface area contributed by atoms with Crippen LogP contribution in [0.25, 0.3) is 5.57 Å². The van der Waals surface area contributed by atoms with Gasteiger partial charge < -0.3 is 4.74 Å². The van der Waals surface area contributed by atoms with Crippen LogP contribution >= 0.6 is 0 Å². The van der Waals surface area contributed by atoms with Gasteiger partial charge in [-0.05, 0) is 40.8 Å². The average Bonchev–Trinajstić information content (AvgIpc) is 2.75. The average molecular weight is 355 g/mol. The second kappa shape index (κ2) is 8.70. The molecule has 3 aromatic rings. The van der Waals surface area contributed by atoms with Gasteiger partial charge in [-0.2, -0.15) is 0 Å². The van der Waals surface area contributed by atoms with Gasteiger partial charge >= 0.3 is 0 Å². The zero-order chi connectivity index (χ0) is 18.3. The van der Waals surface area contributed by atoms with Crippen LogP contribution in [0, 0.1) is 0 Å². The van der Waals surface area contributed by atoms with Crippen molar-refractivity contribution in [2.75, 3.05) is 13.1 Å². The van der Waals surface area contributed by atoms with E-state index < -0.39 is 0 Å². The third-order valence-electron chi connectivity index (χ3n) is 5.00. The summed E-state index contributed by atoms with van der Waals surface area (Å²) in [5.41, 5.74) is 5.27. The van der Waals surface area contributed by atoms with Crippen LogP contribution < -0.4 is 4.74 Å². The van der Waals surface area contributed by atoms with Gasteiger partial charge in [0.2, 0.25) is 0 Å². The Hall–Kier alpha value is -2.84. The summed E-state index contributed by atoms with van der Waals surface area (Å²) in [4.78, 5) is 2.49. The predicted molar refractivity (Wildman–Crippen MR) is 112 cm³/mol. The Morgan fingerprint density at radius 2 is 1.52 bits per heavy atom. The molecule has 1 heterocycles. The standard InChI is InChI=1S/C25H25NO/c1-3-8-21(9-4-1)19-26-16-14-23(15-17-26)24-12-7-13-25(18-24)27-20-22-10-5-2-6-11-22/h1-14,18H,15-17,19-20H2. The van der Waals surface area contributed by atoms with Crippen LogP contribution in [-0.4, -0.2) is 18.0 Å². The topological polar surface area (TPSA) is 12.5 Å². The fraction of sp³-hybridized carbons (Fsp3) is 0.200. The van der Waals surface area contributed by atoms with E-state index in [0.717, 1.165) is 31.8 Å². The molecule has 0 aromatic heterocycles. The number of ether oxygens (including phenoxy) is 1. The molecule has 0 fully saturated rings. The lowest BCUT2D eigenvalue weighted by Gasteiger charge is -2.26. The van der Waals surface area contributed by atoms with Crippen molar-refractivity contribution in [1.82, 2.24) is 4.90 Å². The minimum Gasteiger partial charge on any atom is -0.489 e. The predicted octanol–water partition coefficient (Wildman–Crippen LogP) is 5.55. The van der Waals surface area contributed by atoms with E-state index >= 15 is 0 Å². The Balaban J connectivity index is 1.37. The molecule has 0 saturated carbocycles. The second-order valence-electron chi connectivity index (χ2n) is 7.00. The van der Waals surface area contributed by atoms with Gasteiger partial charge in [-0.1, -0.05) is 78.9 Å². The first-order valence-corrected chi connectivity index (χ1v) is 9.59. The van der Waals surface area contributed by atoms with Gasteiger partial charge in [-0.25, -0.2) is 0 Å². The van der Waals surface area contributed by atoms with Gasteiger partial charge in [0.25, 0.3) is 0 Å². The summed E-state index contributed by atoms with van der Waals surface area (Å²) < 4.78 is 5.99. The maximum Gasteiger partial charge on any atom is 0.120 e. The summed E-state index contributed by atoms with van der Waals surface area (Å²) in [5.74, 6) is 0.934. The Kier molecular flexibility index (Phi) is 5.66. The van der Waals surface area contributed by atoms with Crippen molar-refractivity contribution in [2.45, 2.75) is 19.6 Å². The molecule has 1 aliphatic heterocycles. The van der Waals surface area contributed by atoms with E-state index in [0.29, 0.717) is 6.61 Å². The molecule has 136 valence electrons. The van der Waals surface area contributed by atoms with Crippen LogP contribution in [0.5, 0.6) is 5.75 Å². The SMILES string of the molecule is C1=C(c2cccc(OCc3ccccc3)c2)CCN(Cc2ccccc2)C1. The number of benzene rings is 3. The Morgan fingerprint density at radius 3 is 2.22 bits per heavy atom. The maximum absolute atomic E-state index is 5.99. The molecule has 0 atom stereocenters. The highest BCUT2D eigenvalue weighted by Gasteiger charge is 2.13. The molecule has 4 rings (SSSR count). The molecule has 0 N–H and O–H groups in total. The van der Waals surface area contributed by atoms with Crippen molar-refractivity contribution in [1.29, 1.82) is 0 Å². The molecule has 0 spiro atoms. The molecule has 0 aliphatic carbocycles. The molecule has 3 aromatic carbocycles. The maximum atomic E-state index is 5.99. The first-order valence-electron chi connectivity index (χ1n) is 9.59. The summed E-state index contributed by atoms with van der Waals surface area (Å²) in [6.45, 7) is 3.72. The minimum absolute atomic E-state index is 0.605. The zero-order valence-electron chi connectivity index (χ0n) is 15.6. The number of rotatable bonds is 6. The number of nitrogens with zero attached hydrogens (tertiary/aromatic N) is 1. The number of hydrogen-bond donors (Lipinski definition) is 0. The second-order valence-corrected chi connectivity index (χ2v) is 7.00. The molecule has 27 heavy (non-hydrogen) atoms. The highest BCUT2D eigenvalue weighted by Crippen LogP contribution is 2.26. The van der Waals surface area contributed by atoms with Crippen molar-refractivity contribution in [3.8, 4) is 5.75 Å². The molecule has 0 unspecified atom stereocenters. The van der Waals surface area contributed by atoms with Crippen LogP contribution in [0.3, 0.4) is 0 Å². The van der Waals surface area contributed by atoms with Crippen molar-refractivity contribution < 1.29 is 4.74 Å². The summed E-state index contributed by atoms with van der Waals surface area (Å²) in [5, 5.41) is 0. The molecule has 0 bridgehead atoms. The summed E-state index contributed by atoms with van der Waals surface area (Å²) in [7, 11) is 0. The molecule has 1 aliphatic rings. The quantitative estimate of drug-likeness (QED) is 0.574. The smallest absolute Gasteiger partial charge is 0.120 e. The summed E-state index contributed by atoms with van der Waals surface area (Å²) in [6.07, 6.45) is 3.44. The molecular weight excluding hydrogens is 330 g/mol. The van der Waals surface area contributed by atoms with Crippen molar-refractivity contribution in [3.63, 3.8) is 0 Å². The van der Waals surface area contributed by atoms with Crippen LogP contribution in [0.4, 0.5) is 0 Å². The van der Waals surface area contributed by atoms with E-state index in [1.165, 1.54) is 22.3 Å². The lowest BCUT2D eigenvalue weighted by Crippen LogP contribution is -2.27. The zero-order valence-corrected chi connectivity index (χ0v) is 15.6. The van der Waals surface area contributed by atoms with Crippen molar-refractivity contribution in [2.24, 2.45) is 0 Å². The van der Waals surface area contributed by atoms with Crippen molar-refractivity contribution >= 4 is 5.57 Å². The van der Waals surface area contributed by atoms with Crippen molar-refractivity contribution in [3.05, 3.63) is 108 Å². The molecule has 0 amide bonds. The van der Waals surface area contributed by atoms with E-state index in [1.807, 2.05) is 24.3 Å². The fourth-order valence-electron chi connectivity index (χ4n) is 3.49. The fourth-order valence-corrected chi connectivity index (χ4v) is 3.49. The summed E-state index contributed by atoms with van der Waals surface area (Å²) in [6, 6.07) is 29.5. The largest absolute Gasteiger partial charge is 0.489 e. The van der Waals surface area contributed by atoms with Crippen LogP contribution in [0.1, 0.15) is 23.1 Å². The Bertz CT molecular complexity index is 886. The third kappa shape index (κ3) is 4.87. The normalized spacial score (nSPS) is 14.6. The van der Waals surface area contributed by atoms with Gasteiger partial charge in [0, 0.05) is 19.6 Å². The van der Waals surface area contributed by atoms with Gasteiger partial charge in [0.15, 0.2) is 0 Å². The van der Waals surface area contributed by atoms with E-state index in [4.69, 9.17) is 4.74 Å². The van der Waals surface area contributed by atoms with E-state index in [1.54, 1.807) is 0 Å². The van der Waals surface area contributed by atoms with Crippen LogP contribution in [-0.2, 0) is 13.2 Å². The van der Waals surface area contributed by atoms with E-state index in [-0.39, 0.29) is 0 Å². The Morgan fingerprint density at radius 1 is 0.778 bits per heavy atom. The number of hydrogen-bond acceptors (Lipinski definition) is 2. The lowest BCUT2D eigenvalue weighted by molar-refractivity contribution is 0.293.